The second kappa shape index (κ2) is 38.1. The molecule has 0 aliphatic heterocycles. The zero-order valence-electron chi connectivity index (χ0n) is 31.6. The van der Waals surface area contributed by atoms with E-state index >= 15 is 0 Å². The minimum Gasteiger partial charge on any atom is -0.394 e. The Kier molecular flexibility index (Phi) is 36.8. The zero-order chi connectivity index (χ0) is 35.2. The van der Waals surface area contributed by atoms with Gasteiger partial charge in [-0.2, -0.15) is 0 Å². The van der Waals surface area contributed by atoms with Crippen LogP contribution in [-0.2, 0) is 4.79 Å². The molecule has 3 atom stereocenters. The van der Waals surface area contributed by atoms with E-state index in [0.717, 1.165) is 64.2 Å². The van der Waals surface area contributed by atoms with E-state index in [9.17, 15) is 20.1 Å². The molecule has 5 heteroatoms. The van der Waals surface area contributed by atoms with Crippen molar-refractivity contribution in [3.8, 4) is 0 Å². The number of carbonyl (C=O) groups excluding carboxylic acids is 1. The molecule has 0 saturated heterocycles. The SMILES string of the molecule is CCCC/C=C/CC/C=C/CCCC(O)C(O)C(CO)NC(=O)CCCCCCCCC/C=C\C/C=C\CCCCCCCCCCC. The fourth-order valence-electron chi connectivity index (χ4n) is 5.90. The number of unbranched alkanes of at least 4 members (excludes halogenated alkanes) is 20. The molecule has 280 valence electrons. The Hall–Kier alpha value is -1.69. The Balaban J connectivity index is 3.69. The van der Waals surface area contributed by atoms with Crippen LogP contribution in [0.5, 0.6) is 0 Å². The number of hydrogen-bond donors (Lipinski definition) is 4. The smallest absolute Gasteiger partial charge is 0.220 e. The fourth-order valence-corrected chi connectivity index (χ4v) is 5.90. The Bertz CT molecular complexity index is 790. The van der Waals surface area contributed by atoms with E-state index in [1.54, 1.807) is 0 Å². The molecule has 3 unspecified atom stereocenters. The van der Waals surface area contributed by atoms with Crippen LogP contribution >= 0.6 is 0 Å². The van der Waals surface area contributed by atoms with Gasteiger partial charge in [0.15, 0.2) is 0 Å². The van der Waals surface area contributed by atoms with E-state index in [2.05, 4.69) is 67.8 Å². The van der Waals surface area contributed by atoms with Crippen molar-refractivity contribution in [2.24, 2.45) is 0 Å². The van der Waals surface area contributed by atoms with Crippen LogP contribution in [-0.4, -0.2) is 46.1 Å². The van der Waals surface area contributed by atoms with E-state index in [1.807, 2.05) is 0 Å². The molecule has 0 aliphatic rings. The van der Waals surface area contributed by atoms with Gasteiger partial charge < -0.3 is 20.6 Å². The van der Waals surface area contributed by atoms with Gasteiger partial charge in [-0.3, -0.25) is 4.79 Å². The standard InChI is InChI=1S/C43H79NO4/c1-3-5-7-9-11-13-15-16-17-18-19-20-21-22-23-24-25-26-28-30-32-34-36-38-42(47)44-40(39-45)43(48)41(46)37-35-33-31-29-27-14-12-10-8-6-4-2/h10,12,19-20,22-23,29,31,40-41,43,45-46,48H,3-9,11,13-18,21,24-28,30,32-39H2,1-2H3,(H,44,47)/b12-10+,20-19-,23-22-,31-29+. The molecule has 0 rings (SSSR count). The summed E-state index contributed by atoms with van der Waals surface area (Å²) in [6.07, 6.45) is 47.9. The topological polar surface area (TPSA) is 89.8 Å². The van der Waals surface area contributed by atoms with Crippen LogP contribution in [0.4, 0.5) is 0 Å². The Morgan fingerprint density at radius 3 is 1.46 bits per heavy atom. The monoisotopic (exact) mass is 674 g/mol. The van der Waals surface area contributed by atoms with Gasteiger partial charge in [-0.25, -0.2) is 0 Å². The van der Waals surface area contributed by atoms with E-state index in [4.69, 9.17) is 0 Å². The summed E-state index contributed by atoms with van der Waals surface area (Å²) in [7, 11) is 0. The van der Waals surface area contributed by atoms with Crippen molar-refractivity contribution < 1.29 is 20.1 Å². The molecule has 0 radical (unpaired) electrons. The molecule has 0 aromatic heterocycles. The van der Waals surface area contributed by atoms with E-state index < -0.39 is 18.2 Å². The second-order valence-electron chi connectivity index (χ2n) is 13.8. The summed E-state index contributed by atoms with van der Waals surface area (Å²) in [4.78, 5) is 12.4. The molecule has 0 aromatic carbocycles. The Morgan fingerprint density at radius 2 is 0.938 bits per heavy atom. The molecular formula is C43H79NO4. The van der Waals surface area contributed by atoms with Crippen LogP contribution in [0.1, 0.15) is 194 Å². The van der Waals surface area contributed by atoms with E-state index in [0.29, 0.717) is 12.8 Å². The van der Waals surface area contributed by atoms with Crippen molar-refractivity contribution in [3.63, 3.8) is 0 Å². The lowest BCUT2D eigenvalue weighted by atomic mass is 10.0. The summed E-state index contributed by atoms with van der Waals surface area (Å²) in [6, 6.07) is -0.836. The van der Waals surface area contributed by atoms with E-state index in [-0.39, 0.29) is 12.5 Å². The molecule has 4 N–H and O–H groups in total. The Labute approximate surface area is 297 Å². The van der Waals surface area contributed by atoms with Crippen LogP contribution in [0.15, 0.2) is 48.6 Å². The molecule has 0 aromatic rings. The van der Waals surface area contributed by atoms with Crippen molar-refractivity contribution in [2.45, 2.75) is 212 Å². The minimum atomic E-state index is -1.17. The lowest BCUT2D eigenvalue weighted by Crippen LogP contribution is -2.50. The van der Waals surface area contributed by atoms with Crippen LogP contribution in [0, 0.1) is 0 Å². The lowest BCUT2D eigenvalue weighted by molar-refractivity contribution is -0.124. The summed E-state index contributed by atoms with van der Waals surface area (Å²) in [5, 5.41) is 33.3. The molecule has 0 heterocycles. The van der Waals surface area contributed by atoms with Gasteiger partial charge in [0.05, 0.1) is 18.8 Å². The zero-order valence-corrected chi connectivity index (χ0v) is 31.6. The van der Waals surface area contributed by atoms with Gasteiger partial charge in [0.25, 0.3) is 0 Å². The van der Waals surface area contributed by atoms with Gasteiger partial charge in [0, 0.05) is 6.42 Å². The van der Waals surface area contributed by atoms with Gasteiger partial charge in [0.1, 0.15) is 6.10 Å². The molecule has 0 saturated carbocycles. The van der Waals surface area contributed by atoms with Gasteiger partial charge >= 0.3 is 0 Å². The number of nitrogens with one attached hydrogen (secondary N) is 1. The highest BCUT2D eigenvalue weighted by atomic mass is 16.3. The Morgan fingerprint density at radius 1 is 0.521 bits per heavy atom. The highest BCUT2D eigenvalue weighted by Gasteiger charge is 2.26. The van der Waals surface area contributed by atoms with Crippen molar-refractivity contribution in [3.05, 3.63) is 48.6 Å². The first kappa shape index (κ1) is 46.3. The average molecular weight is 674 g/mol. The van der Waals surface area contributed by atoms with Crippen LogP contribution in [0.25, 0.3) is 0 Å². The lowest BCUT2D eigenvalue weighted by Gasteiger charge is -2.26. The number of aliphatic hydroxyl groups is 3. The average Bonchev–Trinajstić information content (AvgIpc) is 3.09. The fraction of sp³-hybridized carbons (Fsp3) is 0.791. The van der Waals surface area contributed by atoms with Gasteiger partial charge in [-0.05, 0) is 77.0 Å². The maximum atomic E-state index is 12.4. The van der Waals surface area contributed by atoms with Crippen molar-refractivity contribution in [2.75, 3.05) is 6.61 Å². The quantitative estimate of drug-likeness (QED) is 0.0393. The van der Waals surface area contributed by atoms with Gasteiger partial charge in [-0.15, -0.1) is 0 Å². The molecule has 1 amide bonds. The summed E-state index contributed by atoms with van der Waals surface area (Å²) in [5.74, 6) is -0.169. The first-order chi connectivity index (χ1) is 23.6. The van der Waals surface area contributed by atoms with Crippen molar-refractivity contribution >= 4 is 5.91 Å². The number of amides is 1. The third kappa shape index (κ3) is 32.8. The van der Waals surface area contributed by atoms with Gasteiger partial charge in [0.2, 0.25) is 5.91 Å². The summed E-state index contributed by atoms with van der Waals surface area (Å²) >= 11 is 0. The summed E-state index contributed by atoms with van der Waals surface area (Å²) < 4.78 is 0. The number of rotatable bonds is 36. The van der Waals surface area contributed by atoms with Crippen LogP contribution in [0.2, 0.25) is 0 Å². The number of aliphatic hydroxyl groups excluding tert-OH is 3. The number of carbonyl (C=O) groups is 1. The largest absolute Gasteiger partial charge is 0.394 e. The summed E-state index contributed by atoms with van der Waals surface area (Å²) in [6.45, 7) is 4.09. The first-order valence-corrected chi connectivity index (χ1v) is 20.4. The maximum absolute atomic E-state index is 12.4. The predicted molar refractivity (Wildman–Crippen MR) is 208 cm³/mol. The predicted octanol–water partition coefficient (Wildman–Crippen LogP) is 11.4. The van der Waals surface area contributed by atoms with Crippen LogP contribution < -0.4 is 5.32 Å². The second-order valence-corrected chi connectivity index (χ2v) is 13.8. The van der Waals surface area contributed by atoms with Gasteiger partial charge in [-0.1, -0.05) is 159 Å². The maximum Gasteiger partial charge on any atom is 0.220 e. The molecule has 48 heavy (non-hydrogen) atoms. The molecule has 0 fully saturated rings. The highest BCUT2D eigenvalue weighted by molar-refractivity contribution is 5.76. The normalized spacial score (nSPS) is 14.2. The molecule has 0 bridgehead atoms. The molecule has 5 nitrogen and oxygen atoms in total. The van der Waals surface area contributed by atoms with Crippen molar-refractivity contribution in [1.29, 1.82) is 0 Å². The third-order valence-electron chi connectivity index (χ3n) is 9.13. The minimum absolute atomic E-state index is 0.169. The van der Waals surface area contributed by atoms with Crippen LogP contribution in [0.3, 0.4) is 0 Å². The summed E-state index contributed by atoms with van der Waals surface area (Å²) in [5.41, 5.74) is 0. The highest BCUT2D eigenvalue weighted by Crippen LogP contribution is 2.13. The molecule has 0 aliphatic carbocycles. The number of hydrogen-bond acceptors (Lipinski definition) is 4. The van der Waals surface area contributed by atoms with E-state index in [1.165, 1.54) is 103 Å². The first-order valence-electron chi connectivity index (χ1n) is 20.4. The van der Waals surface area contributed by atoms with Crippen molar-refractivity contribution in [1.82, 2.24) is 5.32 Å². The molecular weight excluding hydrogens is 594 g/mol. The molecule has 0 spiro atoms. The third-order valence-corrected chi connectivity index (χ3v) is 9.13. The number of allylic oxidation sites excluding steroid dienone is 8.